The zero-order valence-electron chi connectivity index (χ0n) is 18.4. The lowest BCUT2D eigenvalue weighted by atomic mass is 10.0. The number of fused-ring (bicyclic) bond motifs is 1. The fourth-order valence-corrected chi connectivity index (χ4v) is 3.74. The topological polar surface area (TPSA) is 75.1 Å². The van der Waals surface area contributed by atoms with Gasteiger partial charge in [-0.3, -0.25) is 14.7 Å². The molecule has 3 rings (SSSR count). The number of β-amino-alcohol motifs (C(OH)–C–C–N with tert-alkyl or cyclic N) is 1. The number of aromatic nitrogens is 1. The van der Waals surface area contributed by atoms with Crippen LogP contribution < -0.4 is 4.74 Å². The molecule has 7 nitrogen and oxygen atoms in total. The van der Waals surface area contributed by atoms with E-state index in [0.717, 1.165) is 48.4 Å². The van der Waals surface area contributed by atoms with E-state index < -0.39 is 11.7 Å². The molecule has 0 aliphatic carbocycles. The largest absolute Gasteiger partial charge is 0.497 e. The molecule has 1 aliphatic heterocycles. The average molecular weight is 416 g/mol. The van der Waals surface area contributed by atoms with E-state index in [-0.39, 0.29) is 5.97 Å². The van der Waals surface area contributed by atoms with Crippen molar-refractivity contribution in [3.63, 3.8) is 0 Å². The zero-order chi connectivity index (χ0) is 21.7. The van der Waals surface area contributed by atoms with Gasteiger partial charge < -0.3 is 19.5 Å². The number of hydrogen-bond donors (Lipinski definition) is 1. The number of methoxy groups -OCH3 is 1. The van der Waals surface area contributed by atoms with Crippen molar-refractivity contribution in [1.29, 1.82) is 0 Å². The number of benzene rings is 1. The minimum atomic E-state index is -0.601. The highest BCUT2D eigenvalue weighted by Crippen LogP contribution is 2.27. The third-order valence-electron chi connectivity index (χ3n) is 5.29. The smallest absolute Gasteiger partial charge is 0.307 e. The van der Waals surface area contributed by atoms with Gasteiger partial charge in [0.15, 0.2) is 0 Å². The molecule has 2 heterocycles. The standard InChI is InChI=1S/C23H33N3O4/c1-23(2,3)30-22(28)8-10-25-11-13-26(14-12-25)16-21(27)18-7-9-24-20-6-5-17(29-4)15-19(18)20/h5-7,9,15,21,27H,8,10-14,16H2,1-4H3. The quantitative estimate of drug-likeness (QED) is 0.697. The summed E-state index contributed by atoms with van der Waals surface area (Å²) in [5, 5.41) is 11.8. The zero-order valence-corrected chi connectivity index (χ0v) is 18.4. The minimum absolute atomic E-state index is 0.152. The second kappa shape index (κ2) is 9.73. The van der Waals surface area contributed by atoms with Gasteiger partial charge in [-0.15, -0.1) is 0 Å². The van der Waals surface area contributed by atoms with Crippen LogP contribution in [0, 0.1) is 0 Å². The van der Waals surface area contributed by atoms with Gasteiger partial charge in [0.2, 0.25) is 0 Å². The number of pyridine rings is 1. The van der Waals surface area contributed by atoms with Crippen molar-refractivity contribution in [3.8, 4) is 5.75 Å². The molecular weight excluding hydrogens is 382 g/mol. The molecule has 1 aromatic carbocycles. The first-order valence-corrected chi connectivity index (χ1v) is 10.5. The van der Waals surface area contributed by atoms with Crippen LogP contribution in [0.15, 0.2) is 30.5 Å². The second-order valence-corrected chi connectivity index (χ2v) is 8.78. The lowest BCUT2D eigenvalue weighted by molar-refractivity contribution is -0.155. The van der Waals surface area contributed by atoms with E-state index in [1.807, 2.05) is 45.0 Å². The molecule has 2 aromatic rings. The fraction of sp³-hybridized carbons (Fsp3) is 0.565. The molecule has 1 unspecified atom stereocenters. The Hall–Kier alpha value is -2.22. The summed E-state index contributed by atoms with van der Waals surface area (Å²) in [4.78, 5) is 20.8. The van der Waals surface area contributed by atoms with Gasteiger partial charge in [0, 0.05) is 50.9 Å². The highest BCUT2D eigenvalue weighted by atomic mass is 16.6. The van der Waals surface area contributed by atoms with Crippen molar-refractivity contribution in [2.24, 2.45) is 0 Å². The summed E-state index contributed by atoms with van der Waals surface area (Å²) < 4.78 is 10.7. The van der Waals surface area contributed by atoms with Crippen LogP contribution in [-0.4, -0.2) is 77.8 Å². The van der Waals surface area contributed by atoms with E-state index in [2.05, 4.69) is 14.8 Å². The van der Waals surface area contributed by atoms with E-state index in [0.29, 0.717) is 19.5 Å². The molecule has 1 N–H and O–H groups in total. The summed E-state index contributed by atoms with van der Waals surface area (Å²) in [6.07, 6.45) is 1.54. The first-order valence-electron chi connectivity index (χ1n) is 10.5. The number of rotatable bonds is 7. The number of aliphatic hydroxyl groups is 1. The van der Waals surface area contributed by atoms with Crippen molar-refractivity contribution in [3.05, 3.63) is 36.0 Å². The Kier molecular flexibility index (Phi) is 7.28. The Bertz CT molecular complexity index is 857. The molecule has 1 atom stereocenters. The summed E-state index contributed by atoms with van der Waals surface area (Å²) in [5.74, 6) is 0.600. The summed E-state index contributed by atoms with van der Waals surface area (Å²) in [5.41, 5.74) is 1.28. The molecule has 0 bridgehead atoms. The van der Waals surface area contributed by atoms with Gasteiger partial charge in [-0.05, 0) is 50.6 Å². The Morgan fingerprint density at radius 2 is 1.87 bits per heavy atom. The Morgan fingerprint density at radius 1 is 1.17 bits per heavy atom. The van der Waals surface area contributed by atoms with Crippen molar-refractivity contribution >= 4 is 16.9 Å². The maximum absolute atomic E-state index is 11.9. The van der Waals surface area contributed by atoms with Crippen molar-refractivity contribution < 1.29 is 19.4 Å². The number of hydrogen-bond acceptors (Lipinski definition) is 7. The SMILES string of the molecule is COc1ccc2nccc(C(O)CN3CCN(CCC(=O)OC(C)(C)C)CC3)c2c1. The highest BCUT2D eigenvalue weighted by molar-refractivity contribution is 5.83. The van der Waals surface area contributed by atoms with Crippen LogP contribution in [0.25, 0.3) is 10.9 Å². The van der Waals surface area contributed by atoms with E-state index in [1.165, 1.54) is 0 Å². The molecule has 1 aliphatic rings. The fourth-order valence-electron chi connectivity index (χ4n) is 3.74. The normalized spacial score (nSPS) is 17.1. The Balaban J connectivity index is 1.52. The lowest BCUT2D eigenvalue weighted by Gasteiger charge is -2.35. The maximum atomic E-state index is 11.9. The third-order valence-corrected chi connectivity index (χ3v) is 5.29. The summed E-state index contributed by atoms with van der Waals surface area (Å²) in [6, 6.07) is 7.59. The van der Waals surface area contributed by atoms with Crippen LogP contribution in [0.4, 0.5) is 0 Å². The number of piperazine rings is 1. The number of esters is 1. The van der Waals surface area contributed by atoms with E-state index >= 15 is 0 Å². The summed E-state index contributed by atoms with van der Waals surface area (Å²) >= 11 is 0. The Morgan fingerprint density at radius 3 is 2.53 bits per heavy atom. The lowest BCUT2D eigenvalue weighted by Crippen LogP contribution is -2.48. The molecule has 0 spiro atoms. The molecule has 0 saturated carbocycles. The van der Waals surface area contributed by atoms with Crippen molar-refractivity contribution in [2.75, 3.05) is 46.4 Å². The van der Waals surface area contributed by atoms with Gasteiger partial charge in [-0.2, -0.15) is 0 Å². The Labute approximate surface area is 178 Å². The summed E-state index contributed by atoms with van der Waals surface area (Å²) in [6.45, 7) is 10.4. The number of ether oxygens (including phenoxy) is 2. The predicted octanol–water partition coefficient (Wildman–Crippen LogP) is 2.63. The number of carbonyl (C=O) groups excluding carboxylic acids is 1. The first-order chi connectivity index (χ1) is 14.2. The molecule has 0 amide bonds. The second-order valence-electron chi connectivity index (χ2n) is 8.78. The molecular formula is C23H33N3O4. The minimum Gasteiger partial charge on any atom is -0.497 e. The molecule has 1 fully saturated rings. The van der Waals surface area contributed by atoms with Gasteiger partial charge in [-0.1, -0.05) is 0 Å². The number of nitrogens with zero attached hydrogens (tertiary/aromatic N) is 3. The number of aliphatic hydroxyl groups excluding tert-OH is 1. The molecule has 30 heavy (non-hydrogen) atoms. The monoisotopic (exact) mass is 415 g/mol. The van der Waals surface area contributed by atoms with Crippen molar-refractivity contribution in [1.82, 2.24) is 14.8 Å². The van der Waals surface area contributed by atoms with Crippen LogP contribution >= 0.6 is 0 Å². The van der Waals surface area contributed by atoms with Crippen LogP contribution in [0.1, 0.15) is 38.9 Å². The molecule has 1 saturated heterocycles. The molecule has 1 aromatic heterocycles. The van der Waals surface area contributed by atoms with Crippen LogP contribution in [-0.2, 0) is 9.53 Å². The van der Waals surface area contributed by atoms with Gasteiger partial charge in [0.1, 0.15) is 11.4 Å². The van der Waals surface area contributed by atoms with E-state index in [9.17, 15) is 9.90 Å². The highest BCUT2D eigenvalue weighted by Gasteiger charge is 2.22. The summed E-state index contributed by atoms with van der Waals surface area (Å²) in [7, 11) is 1.63. The number of carbonyl (C=O) groups is 1. The van der Waals surface area contributed by atoms with E-state index in [4.69, 9.17) is 9.47 Å². The van der Waals surface area contributed by atoms with Crippen LogP contribution in [0.5, 0.6) is 5.75 Å². The predicted molar refractivity (Wildman–Crippen MR) is 117 cm³/mol. The van der Waals surface area contributed by atoms with Gasteiger partial charge in [0.25, 0.3) is 0 Å². The average Bonchev–Trinajstić information content (AvgIpc) is 2.71. The molecule has 7 heteroatoms. The molecule has 0 radical (unpaired) electrons. The van der Waals surface area contributed by atoms with Gasteiger partial charge in [0.05, 0.1) is 25.2 Å². The first kappa shape index (κ1) is 22.5. The third kappa shape index (κ3) is 6.14. The maximum Gasteiger partial charge on any atom is 0.307 e. The molecule has 164 valence electrons. The van der Waals surface area contributed by atoms with Gasteiger partial charge in [-0.25, -0.2) is 0 Å². The van der Waals surface area contributed by atoms with E-state index in [1.54, 1.807) is 13.3 Å². The van der Waals surface area contributed by atoms with Crippen molar-refractivity contribution in [2.45, 2.75) is 38.9 Å². The van der Waals surface area contributed by atoms with Gasteiger partial charge >= 0.3 is 5.97 Å². The van der Waals surface area contributed by atoms with Crippen LogP contribution in [0.3, 0.4) is 0 Å². The van der Waals surface area contributed by atoms with Crippen LogP contribution in [0.2, 0.25) is 0 Å².